The van der Waals surface area contributed by atoms with Crippen LogP contribution in [0.25, 0.3) is 10.9 Å². The predicted octanol–water partition coefficient (Wildman–Crippen LogP) is 3.60. The van der Waals surface area contributed by atoms with Crippen LogP contribution in [0.4, 0.5) is 11.4 Å². The van der Waals surface area contributed by atoms with Crippen molar-refractivity contribution < 1.29 is 18.1 Å². The van der Waals surface area contributed by atoms with Crippen molar-refractivity contribution in [1.29, 1.82) is 0 Å². The molecule has 2 N–H and O–H groups in total. The minimum absolute atomic E-state index is 0.0475. The van der Waals surface area contributed by atoms with Gasteiger partial charge in [-0.3, -0.25) is 9.54 Å². The van der Waals surface area contributed by atoms with E-state index in [-0.39, 0.29) is 10.6 Å². The molecule has 3 aromatic rings. The number of hydrogen-bond donors (Lipinski definition) is 2. The van der Waals surface area contributed by atoms with E-state index in [9.17, 15) is 13.5 Å². The van der Waals surface area contributed by atoms with E-state index < -0.39 is 10.1 Å². The second-order valence-corrected chi connectivity index (χ2v) is 6.13. The predicted molar refractivity (Wildman–Crippen MR) is 83.8 cm³/mol. The number of phenolic OH excluding ortho intramolecular Hbond substituents is 1. The molecular weight excluding hydrogens is 318 g/mol. The minimum Gasteiger partial charge on any atom is -0.507 e. The van der Waals surface area contributed by atoms with Gasteiger partial charge in [0.2, 0.25) is 0 Å². The standard InChI is InChI=1S/C15H11N3O4S/c19-15-9-11(8-14-13(15)2-1-7-16-14)18-17-10-3-5-12(6-4-10)23(20,21)22/h1-9,19H,(H,20,21,22). The van der Waals surface area contributed by atoms with Gasteiger partial charge in [-0.2, -0.15) is 18.6 Å². The van der Waals surface area contributed by atoms with Crippen molar-refractivity contribution in [1.82, 2.24) is 4.98 Å². The summed E-state index contributed by atoms with van der Waals surface area (Å²) in [6, 6.07) is 11.9. The van der Waals surface area contributed by atoms with Crippen molar-refractivity contribution in [3.63, 3.8) is 0 Å². The van der Waals surface area contributed by atoms with E-state index in [2.05, 4.69) is 15.2 Å². The van der Waals surface area contributed by atoms with Crippen LogP contribution in [-0.2, 0) is 10.1 Å². The van der Waals surface area contributed by atoms with Crippen LogP contribution in [0.3, 0.4) is 0 Å². The molecule has 1 heterocycles. The Morgan fingerprint density at radius 3 is 2.35 bits per heavy atom. The number of azo groups is 1. The Labute approximate surface area is 131 Å². The third-order valence-corrected chi connectivity index (χ3v) is 3.97. The monoisotopic (exact) mass is 329 g/mol. The van der Waals surface area contributed by atoms with Gasteiger partial charge in [-0.05, 0) is 42.5 Å². The van der Waals surface area contributed by atoms with Crippen LogP contribution in [0, 0.1) is 0 Å². The number of nitrogens with zero attached hydrogens (tertiary/aromatic N) is 3. The highest BCUT2D eigenvalue weighted by Crippen LogP contribution is 2.30. The van der Waals surface area contributed by atoms with Crippen molar-refractivity contribution in [2.75, 3.05) is 0 Å². The van der Waals surface area contributed by atoms with Crippen LogP contribution in [-0.4, -0.2) is 23.1 Å². The van der Waals surface area contributed by atoms with Gasteiger partial charge in [0.15, 0.2) is 0 Å². The van der Waals surface area contributed by atoms with Gasteiger partial charge in [0.25, 0.3) is 10.1 Å². The first-order valence-electron chi connectivity index (χ1n) is 6.50. The average molecular weight is 329 g/mol. The number of aromatic hydroxyl groups is 1. The fourth-order valence-corrected chi connectivity index (χ4v) is 2.49. The molecule has 23 heavy (non-hydrogen) atoms. The SMILES string of the molecule is O=S(=O)(O)c1ccc(N=Nc2cc(O)c3cccnc3c2)cc1. The molecule has 0 aliphatic rings. The number of phenols is 1. The van der Waals surface area contributed by atoms with Crippen molar-refractivity contribution in [3.05, 3.63) is 54.7 Å². The Kier molecular flexibility index (Phi) is 3.77. The molecule has 3 rings (SSSR count). The Morgan fingerprint density at radius 1 is 0.957 bits per heavy atom. The Morgan fingerprint density at radius 2 is 1.65 bits per heavy atom. The fraction of sp³-hybridized carbons (Fsp3) is 0. The van der Waals surface area contributed by atoms with Gasteiger partial charge in [-0.15, -0.1) is 0 Å². The lowest BCUT2D eigenvalue weighted by Crippen LogP contribution is -1.96. The van der Waals surface area contributed by atoms with E-state index in [0.29, 0.717) is 22.3 Å². The van der Waals surface area contributed by atoms with Gasteiger partial charge in [-0.1, -0.05) is 0 Å². The lowest BCUT2D eigenvalue weighted by atomic mass is 10.2. The molecule has 7 nitrogen and oxygen atoms in total. The molecule has 0 atom stereocenters. The quantitative estimate of drug-likeness (QED) is 0.563. The molecule has 0 saturated heterocycles. The Bertz CT molecular complexity index is 999. The van der Waals surface area contributed by atoms with Gasteiger partial charge in [-0.25, -0.2) is 0 Å². The zero-order valence-corrected chi connectivity index (χ0v) is 12.5. The summed E-state index contributed by atoms with van der Waals surface area (Å²) in [7, 11) is -4.23. The van der Waals surface area contributed by atoms with E-state index in [1.54, 1.807) is 24.4 Å². The number of rotatable bonds is 3. The van der Waals surface area contributed by atoms with Crippen LogP contribution >= 0.6 is 0 Å². The maximum Gasteiger partial charge on any atom is 0.294 e. The van der Waals surface area contributed by atoms with Crippen LogP contribution in [0.15, 0.2) is 69.9 Å². The molecule has 0 unspecified atom stereocenters. The highest BCUT2D eigenvalue weighted by atomic mass is 32.2. The van der Waals surface area contributed by atoms with Gasteiger partial charge in [0.05, 0.1) is 21.8 Å². The third kappa shape index (κ3) is 3.33. The zero-order valence-electron chi connectivity index (χ0n) is 11.7. The van der Waals surface area contributed by atoms with Crippen molar-refractivity contribution in [3.8, 4) is 5.75 Å². The molecule has 0 amide bonds. The first-order valence-corrected chi connectivity index (χ1v) is 7.94. The number of aromatic nitrogens is 1. The lowest BCUT2D eigenvalue weighted by Gasteiger charge is -2.01. The summed E-state index contributed by atoms with van der Waals surface area (Å²) < 4.78 is 30.8. The first-order chi connectivity index (χ1) is 10.9. The molecule has 1 aromatic heterocycles. The topological polar surface area (TPSA) is 112 Å². The first kappa shape index (κ1) is 15.1. The summed E-state index contributed by atoms with van der Waals surface area (Å²) in [4.78, 5) is 3.92. The molecule has 0 bridgehead atoms. The Balaban J connectivity index is 1.91. The van der Waals surface area contributed by atoms with E-state index in [0.717, 1.165) is 0 Å². The maximum absolute atomic E-state index is 11.0. The van der Waals surface area contributed by atoms with Crippen LogP contribution in [0.1, 0.15) is 0 Å². The molecule has 0 radical (unpaired) electrons. The summed E-state index contributed by atoms with van der Waals surface area (Å²) in [6.07, 6.45) is 1.61. The normalized spacial score (nSPS) is 12.0. The average Bonchev–Trinajstić information content (AvgIpc) is 2.52. The molecule has 0 spiro atoms. The highest BCUT2D eigenvalue weighted by molar-refractivity contribution is 7.85. The number of pyridine rings is 1. The van der Waals surface area contributed by atoms with Crippen LogP contribution in [0.5, 0.6) is 5.75 Å². The van der Waals surface area contributed by atoms with Crippen LogP contribution in [0.2, 0.25) is 0 Å². The molecule has 0 fully saturated rings. The van der Waals surface area contributed by atoms with Crippen molar-refractivity contribution >= 4 is 32.4 Å². The third-order valence-electron chi connectivity index (χ3n) is 3.10. The van der Waals surface area contributed by atoms with Crippen LogP contribution < -0.4 is 0 Å². The van der Waals surface area contributed by atoms with Crippen molar-refractivity contribution in [2.24, 2.45) is 10.2 Å². The summed E-state index contributed by atoms with van der Waals surface area (Å²) in [5, 5.41) is 18.5. The van der Waals surface area contributed by atoms with Gasteiger partial charge in [0, 0.05) is 17.6 Å². The van der Waals surface area contributed by atoms with E-state index in [1.165, 1.54) is 30.3 Å². The van der Waals surface area contributed by atoms with Gasteiger partial charge < -0.3 is 5.11 Å². The molecular formula is C15H11N3O4S. The molecule has 0 aliphatic carbocycles. The molecule has 8 heteroatoms. The van der Waals surface area contributed by atoms with E-state index in [1.807, 2.05) is 0 Å². The number of benzene rings is 2. The second kappa shape index (κ2) is 5.75. The lowest BCUT2D eigenvalue weighted by molar-refractivity contribution is 0.481. The molecule has 116 valence electrons. The number of hydrogen-bond acceptors (Lipinski definition) is 6. The number of fused-ring (bicyclic) bond motifs is 1. The molecule has 0 aliphatic heterocycles. The largest absolute Gasteiger partial charge is 0.507 e. The van der Waals surface area contributed by atoms with Crippen molar-refractivity contribution in [2.45, 2.75) is 4.90 Å². The minimum atomic E-state index is -4.23. The Hall–Kier alpha value is -2.84. The molecule has 2 aromatic carbocycles. The summed E-state index contributed by atoms with van der Waals surface area (Å²) >= 11 is 0. The fourth-order valence-electron chi connectivity index (χ4n) is 2.01. The van der Waals surface area contributed by atoms with E-state index in [4.69, 9.17) is 4.55 Å². The van der Waals surface area contributed by atoms with Gasteiger partial charge >= 0.3 is 0 Å². The summed E-state index contributed by atoms with van der Waals surface area (Å²) in [6.45, 7) is 0. The van der Waals surface area contributed by atoms with Gasteiger partial charge in [0.1, 0.15) is 5.75 Å². The zero-order chi connectivity index (χ0) is 16.4. The smallest absolute Gasteiger partial charge is 0.294 e. The summed E-state index contributed by atoms with van der Waals surface area (Å²) in [5.41, 5.74) is 1.40. The summed E-state index contributed by atoms with van der Waals surface area (Å²) in [5.74, 6) is 0.0475. The highest BCUT2D eigenvalue weighted by Gasteiger charge is 2.08. The molecule has 0 saturated carbocycles. The van der Waals surface area contributed by atoms with E-state index >= 15 is 0 Å². The second-order valence-electron chi connectivity index (χ2n) is 4.70. The maximum atomic E-state index is 11.0.